The minimum Gasteiger partial charge on any atom is -0.361 e. The molecule has 1 N–H and O–H groups in total. The second-order valence-corrected chi connectivity index (χ2v) is 6.27. The maximum absolute atomic E-state index is 13.7. The third kappa shape index (κ3) is 4.04. The Morgan fingerprint density at radius 3 is 2.30 bits per heavy atom. The lowest BCUT2D eigenvalue weighted by molar-refractivity contribution is 0.208. The monoisotopic (exact) mass is 380 g/mol. The molecule has 2 heterocycles. The van der Waals surface area contributed by atoms with Crippen molar-refractivity contribution >= 4 is 23.4 Å². The predicted octanol–water partition coefficient (Wildman–Crippen LogP) is 2.31. The Bertz CT molecular complexity index is 822. The molecule has 144 valence electrons. The van der Waals surface area contributed by atoms with Gasteiger partial charge < -0.3 is 20.0 Å². The number of carbonyl (C=O) groups excluding carboxylic acids is 1. The highest BCUT2D eigenvalue weighted by Gasteiger charge is 2.24. The smallest absolute Gasteiger partial charge is 0.322 e. The van der Waals surface area contributed by atoms with Crippen LogP contribution in [0.15, 0.2) is 24.3 Å². The van der Waals surface area contributed by atoms with Crippen molar-refractivity contribution in [3.05, 3.63) is 41.7 Å². The summed E-state index contributed by atoms with van der Waals surface area (Å²) in [5.74, 6) is -2.89. The molecule has 0 spiro atoms. The van der Waals surface area contributed by atoms with Gasteiger partial charge in [-0.2, -0.15) is 0 Å². The van der Waals surface area contributed by atoms with Crippen LogP contribution < -0.4 is 15.1 Å². The van der Waals surface area contributed by atoms with Crippen molar-refractivity contribution in [1.29, 1.82) is 0 Å². The van der Waals surface area contributed by atoms with Gasteiger partial charge in [-0.1, -0.05) is 0 Å². The van der Waals surface area contributed by atoms with E-state index in [-0.39, 0.29) is 0 Å². The fraction of sp³-hybridized carbons (Fsp3) is 0.353. The van der Waals surface area contributed by atoms with Gasteiger partial charge in [-0.25, -0.2) is 18.0 Å². The van der Waals surface area contributed by atoms with Crippen LogP contribution in [0.25, 0.3) is 0 Å². The van der Waals surface area contributed by atoms with Crippen LogP contribution in [0.3, 0.4) is 0 Å². The Balaban J connectivity index is 1.58. The van der Waals surface area contributed by atoms with Crippen molar-refractivity contribution < 1.29 is 18.0 Å². The van der Waals surface area contributed by atoms with E-state index in [1.807, 2.05) is 36.0 Å². The molecule has 2 amide bonds. The van der Waals surface area contributed by atoms with E-state index in [1.165, 1.54) is 4.90 Å². The van der Waals surface area contributed by atoms with E-state index >= 15 is 0 Å². The van der Waals surface area contributed by atoms with Crippen LogP contribution in [0.4, 0.5) is 35.3 Å². The average Bonchev–Trinajstić information content (AvgIpc) is 2.68. The fourth-order valence-electron chi connectivity index (χ4n) is 2.68. The predicted molar refractivity (Wildman–Crippen MR) is 95.5 cm³/mol. The summed E-state index contributed by atoms with van der Waals surface area (Å²) in [5.41, 5.74) is -0.397. The number of hydrogen-bond donors (Lipinski definition) is 1. The van der Waals surface area contributed by atoms with E-state index in [0.29, 0.717) is 32.0 Å². The number of rotatable bonds is 3. The number of halogens is 3. The molecule has 1 aliphatic rings. The molecule has 27 heavy (non-hydrogen) atoms. The third-order valence-corrected chi connectivity index (χ3v) is 4.26. The van der Waals surface area contributed by atoms with Crippen molar-refractivity contribution in [2.75, 3.05) is 55.4 Å². The van der Waals surface area contributed by atoms with Gasteiger partial charge in [0.05, 0.1) is 5.69 Å². The Kier molecular flexibility index (Phi) is 5.33. The summed E-state index contributed by atoms with van der Waals surface area (Å²) in [6.45, 7) is 1.77. The maximum Gasteiger partial charge on any atom is 0.322 e. The number of aromatic nitrogens is 2. The van der Waals surface area contributed by atoms with Gasteiger partial charge in [0.1, 0.15) is 0 Å². The number of hydrogen-bond acceptors (Lipinski definition) is 5. The lowest BCUT2D eigenvalue weighted by atomic mass is 10.2. The lowest BCUT2D eigenvalue weighted by Crippen LogP contribution is -2.50. The van der Waals surface area contributed by atoms with Gasteiger partial charge in [0.15, 0.2) is 29.1 Å². The molecule has 2 aromatic rings. The van der Waals surface area contributed by atoms with E-state index in [2.05, 4.69) is 15.5 Å². The molecule has 0 atom stereocenters. The standard InChI is InChI=1S/C17H19F3N6O/c1-24(2)13-5-6-14(23-22-13)25-7-9-26(10-8-25)17(27)21-12-4-3-11(18)15(19)16(12)20/h3-6H,7-10H2,1-2H3,(H,21,27). The molecule has 0 saturated carbocycles. The van der Waals surface area contributed by atoms with E-state index < -0.39 is 29.2 Å². The summed E-state index contributed by atoms with van der Waals surface area (Å²) in [5, 5.41) is 10.6. The third-order valence-electron chi connectivity index (χ3n) is 4.26. The number of benzene rings is 1. The lowest BCUT2D eigenvalue weighted by Gasteiger charge is -2.35. The molecule has 7 nitrogen and oxygen atoms in total. The van der Waals surface area contributed by atoms with Gasteiger partial charge in [0.25, 0.3) is 0 Å². The summed E-state index contributed by atoms with van der Waals surface area (Å²) in [7, 11) is 3.74. The minimum atomic E-state index is -1.61. The summed E-state index contributed by atoms with van der Waals surface area (Å²) < 4.78 is 39.9. The Labute approximate surface area is 154 Å². The van der Waals surface area contributed by atoms with Crippen LogP contribution in [0.1, 0.15) is 0 Å². The zero-order valence-electron chi connectivity index (χ0n) is 14.9. The molecule has 10 heteroatoms. The molecule has 0 unspecified atom stereocenters. The van der Waals surface area contributed by atoms with E-state index in [9.17, 15) is 18.0 Å². The van der Waals surface area contributed by atoms with Gasteiger partial charge in [0.2, 0.25) is 0 Å². The van der Waals surface area contributed by atoms with Crippen molar-refractivity contribution in [2.24, 2.45) is 0 Å². The quantitative estimate of drug-likeness (QED) is 0.828. The number of piperazine rings is 1. The summed E-state index contributed by atoms with van der Waals surface area (Å²) >= 11 is 0. The molecule has 0 radical (unpaired) electrons. The van der Waals surface area contributed by atoms with E-state index in [1.54, 1.807) is 0 Å². The highest BCUT2D eigenvalue weighted by Crippen LogP contribution is 2.21. The number of urea groups is 1. The SMILES string of the molecule is CN(C)c1ccc(N2CCN(C(=O)Nc3ccc(F)c(F)c3F)CC2)nn1. The van der Waals surface area contributed by atoms with Crippen molar-refractivity contribution in [1.82, 2.24) is 15.1 Å². The van der Waals surface area contributed by atoms with Gasteiger partial charge in [-0.15, -0.1) is 10.2 Å². The van der Waals surface area contributed by atoms with Crippen molar-refractivity contribution in [3.8, 4) is 0 Å². The first-order valence-electron chi connectivity index (χ1n) is 8.32. The van der Waals surface area contributed by atoms with Crippen molar-refractivity contribution in [3.63, 3.8) is 0 Å². The van der Waals surface area contributed by atoms with Gasteiger partial charge in [0, 0.05) is 40.3 Å². The molecule has 0 aliphatic carbocycles. The highest BCUT2D eigenvalue weighted by atomic mass is 19.2. The number of amides is 2. The number of anilines is 3. The average molecular weight is 380 g/mol. The van der Waals surface area contributed by atoms with Crippen LogP contribution in [-0.4, -0.2) is 61.4 Å². The first-order valence-corrected chi connectivity index (χ1v) is 8.32. The fourth-order valence-corrected chi connectivity index (χ4v) is 2.68. The number of nitrogens with one attached hydrogen (secondary N) is 1. The van der Waals surface area contributed by atoms with Gasteiger partial charge in [-0.3, -0.25) is 0 Å². The molecule has 1 fully saturated rings. The zero-order valence-corrected chi connectivity index (χ0v) is 14.9. The molecule has 0 bridgehead atoms. The van der Waals surface area contributed by atoms with Crippen LogP contribution >= 0.6 is 0 Å². The summed E-state index contributed by atoms with van der Waals surface area (Å²) in [6, 6.07) is 4.89. The molecule has 1 aromatic heterocycles. The second-order valence-electron chi connectivity index (χ2n) is 6.27. The number of nitrogens with zero attached hydrogens (tertiary/aromatic N) is 5. The van der Waals surface area contributed by atoms with Crippen molar-refractivity contribution in [2.45, 2.75) is 0 Å². The zero-order chi connectivity index (χ0) is 19.6. The van der Waals surface area contributed by atoms with E-state index in [0.717, 1.165) is 18.0 Å². The molecule has 1 aromatic carbocycles. The summed E-state index contributed by atoms with van der Waals surface area (Å²) in [4.78, 5) is 17.6. The first-order chi connectivity index (χ1) is 12.9. The highest BCUT2D eigenvalue weighted by molar-refractivity contribution is 5.89. The van der Waals surface area contributed by atoms with Crippen LogP contribution in [0.2, 0.25) is 0 Å². The first kappa shape index (κ1) is 18.7. The van der Waals surface area contributed by atoms with Crippen LogP contribution in [0, 0.1) is 17.5 Å². The maximum atomic E-state index is 13.7. The molecule has 1 saturated heterocycles. The van der Waals surface area contributed by atoms with Gasteiger partial charge in [-0.05, 0) is 24.3 Å². The van der Waals surface area contributed by atoms with Crippen LogP contribution in [-0.2, 0) is 0 Å². The van der Waals surface area contributed by atoms with Crippen LogP contribution in [0.5, 0.6) is 0 Å². The van der Waals surface area contributed by atoms with Gasteiger partial charge >= 0.3 is 6.03 Å². The molecule has 3 rings (SSSR count). The largest absolute Gasteiger partial charge is 0.361 e. The minimum absolute atomic E-state index is 0.369. The molecular weight excluding hydrogens is 361 g/mol. The topological polar surface area (TPSA) is 64.6 Å². The second kappa shape index (κ2) is 7.68. The Morgan fingerprint density at radius 2 is 1.70 bits per heavy atom. The Morgan fingerprint density at radius 1 is 1.00 bits per heavy atom. The molecular formula is C17H19F3N6O. The van der Waals surface area contributed by atoms with E-state index in [4.69, 9.17) is 0 Å². The molecule has 1 aliphatic heterocycles. The number of carbonyl (C=O) groups is 1. The normalized spacial score (nSPS) is 14.3. The Hall–Kier alpha value is -3.04. The summed E-state index contributed by atoms with van der Waals surface area (Å²) in [6.07, 6.45) is 0.